The summed E-state index contributed by atoms with van der Waals surface area (Å²) in [6, 6.07) is 0.417. The van der Waals surface area contributed by atoms with Gasteiger partial charge in [0.1, 0.15) is 6.54 Å². The van der Waals surface area contributed by atoms with Crippen molar-refractivity contribution in [2.75, 3.05) is 13.2 Å². The fourth-order valence-electron chi connectivity index (χ4n) is 2.60. The maximum absolute atomic E-state index is 12.2. The smallest absolute Gasteiger partial charge is 0.325 e. The van der Waals surface area contributed by atoms with Gasteiger partial charge in [-0.05, 0) is 32.6 Å². The number of carbonyl (C=O) groups excluding carboxylic acids is 2. The SMILES string of the molecule is CCOC(=O)CN(C(=O)NC1CCCCC1)C1CC1. The molecule has 0 unspecified atom stereocenters. The lowest BCUT2D eigenvalue weighted by Crippen LogP contribution is -2.48. The molecule has 0 saturated heterocycles. The molecule has 108 valence electrons. The first-order chi connectivity index (χ1) is 9.20. The van der Waals surface area contributed by atoms with Gasteiger partial charge in [-0.3, -0.25) is 4.79 Å². The van der Waals surface area contributed by atoms with Crippen molar-refractivity contribution in [1.29, 1.82) is 0 Å². The van der Waals surface area contributed by atoms with E-state index in [1.807, 2.05) is 0 Å². The maximum Gasteiger partial charge on any atom is 0.325 e. The van der Waals surface area contributed by atoms with E-state index in [0.29, 0.717) is 6.61 Å². The number of rotatable bonds is 5. The summed E-state index contributed by atoms with van der Waals surface area (Å²) in [5.74, 6) is -0.312. The highest BCUT2D eigenvalue weighted by Crippen LogP contribution is 2.27. The summed E-state index contributed by atoms with van der Waals surface area (Å²) in [4.78, 5) is 25.4. The third-order valence-corrected chi connectivity index (χ3v) is 3.79. The van der Waals surface area contributed by atoms with Crippen molar-refractivity contribution in [3.63, 3.8) is 0 Å². The molecular formula is C14H24N2O3. The number of hydrogen-bond acceptors (Lipinski definition) is 3. The van der Waals surface area contributed by atoms with Crippen molar-refractivity contribution in [3.05, 3.63) is 0 Å². The van der Waals surface area contributed by atoms with E-state index >= 15 is 0 Å². The minimum Gasteiger partial charge on any atom is -0.465 e. The number of nitrogens with one attached hydrogen (secondary N) is 1. The maximum atomic E-state index is 12.2. The van der Waals surface area contributed by atoms with Gasteiger partial charge >= 0.3 is 12.0 Å². The topological polar surface area (TPSA) is 58.6 Å². The van der Waals surface area contributed by atoms with Crippen LogP contribution < -0.4 is 5.32 Å². The van der Waals surface area contributed by atoms with Crippen molar-refractivity contribution in [2.24, 2.45) is 0 Å². The van der Waals surface area contributed by atoms with Gasteiger partial charge in [0.25, 0.3) is 0 Å². The van der Waals surface area contributed by atoms with Crippen molar-refractivity contribution in [1.82, 2.24) is 10.2 Å². The van der Waals surface area contributed by atoms with Crippen LogP contribution in [0.5, 0.6) is 0 Å². The van der Waals surface area contributed by atoms with E-state index in [2.05, 4.69) is 5.32 Å². The van der Waals surface area contributed by atoms with Crippen LogP contribution in [-0.4, -0.2) is 42.1 Å². The molecule has 0 radical (unpaired) electrons. The third kappa shape index (κ3) is 4.40. The second kappa shape index (κ2) is 6.78. The van der Waals surface area contributed by atoms with E-state index in [4.69, 9.17) is 4.74 Å². The Morgan fingerprint density at radius 2 is 1.84 bits per heavy atom. The van der Waals surface area contributed by atoms with Crippen LogP contribution >= 0.6 is 0 Å². The van der Waals surface area contributed by atoms with E-state index in [1.165, 1.54) is 19.3 Å². The van der Waals surface area contributed by atoms with Gasteiger partial charge in [-0.1, -0.05) is 19.3 Å². The Balaban J connectivity index is 1.83. The molecule has 0 aromatic carbocycles. The molecule has 2 fully saturated rings. The molecule has 5 nitrogen and oxygen atoms in total. The third-order valence-electron chi connectivity index (χ3n) is 3.79. The summed E-state index contributed by atoms with van der Waals surface area (Å²) in [5, 5.41) is 3.07. The molecule has 0 aromatic rings. The van der Waals surface area contributed by atoms with Gasteiger partial charge in [0, 0.05) is 12.1 Å². The number of nitrogens with zero attached hydrogens (tertiary/aromatic N) is 1. The van der Waals surface area contributed by atoms with Gasteiger partial charge in [-0.25, -0.2) is 4.79 Å². The molecule has 2 aliphatic rings. The van der Waals surface area contributed by atoms with Crippen LogP contribution in [0.2, 0.25) is 0 Å². The van der Waals surface area contributed by atoms with E-state index in [0.717, 1.165) is 25.7 Å². The number of ether oxygens (including phenoxy) is 1. The Morgan fingerprint density at radius 3 is 2.42 bits per heavy atom. The van der Waals surface area contributed by atoms with Gasteiger partial charge in [0.05, 0.1) is 6.61 Å². The van der Waals surface area contributed by atoms with E-state index in [9.17, 15) is 9.59 Å². The minimum absolute atomic E-state index is 0.0804. The summed E-state index contributed by atoms with van der Waals surface area (Å²) >= 11 is 0. The van der Waals surface area contributed by atoms with Crippen LogP contribution in [0.3, 0.4) is 0 Å². The second-order valence-electron chi connectivity index (χ2n) is 5.45. The molecule has 1 N–H and O–H groups in total. The van der Waals surface area contributed by atoms with Crippen LogP contribution in [0.25, 0.3) is 0 Å². The summed E-state index contributed by atoms with van der Waals surface area (Å²) in [6.45, 7) is 2.22. The highest BCUT2D eigenvalue weighted by Gasteiger charge is 2.35. The molecule has 5 heteroatoms. The summed E-state index contributed by atoms with van der Waals surface area (Å²) in [6.07, 6.45) is 7.75. The van der Waals surface area contributed by atoms with E-state index in [1.54, 1.807) is 11.8 Å². The van der Waals surface area contributed by atoms with E-state index in [-0.39, 0.29) is 30.6 Å². The molecule has 2 rings (SSSR count). The average Bonchev–Trinajstić information content (AvgIpc) is 3.21. The molecule has 2 amide bonds. The molecule has 0 aromatic heterocycles. The molecule has 2 aliphatic carbocycles. The highest BCUT2D eigenvalue weighted by molar-refractivity contribution is 5.81. The Hall–Kier alpha value is -1.26. The number of urea groups is 1. The number of amides is 2. The molecule has 0 atom stereocenters. The molecule has 19 heavy (non-hydrogen) atoms. The van der Waals surface area contributed by atoms with Crippen LogP contribution in [0.1, 0.15) is 51.9 Å². The second-order valence-corrected chi connectivity index (χ2v) is 5.45. The zero-order chi connectivity index (χ0) is 13.7. The average molecular weight is 268 g/mol. The van der Waals surface area contributed by atoms with Gasteiger partial charge in [-0.2, -0.15) is 0 Å². The summed E-state index contributed by atoms with van der Waals surface area (Å²) in [7, 11) is 0. The Labute approximate surface area is 114 Å². The largest absolute Gasteiger partial charge is 0.465 e. The highest BCUT2D eigenvalue weighted by atomic mass is 16.5. The van der Waals surface area contributed by atoms with Crippen molar-refractivity contribution >= 4 is 12.0 Å². The molecule has 0 heterocycles. The predicted molar refractivity (Wildman–Crippen MR) is 71.8 cm³/mol. The normalized spacial score (nSPS) is 19.8. The van der Waals surface area contributed by atoms with Crippen LogP contribution in [0, 0.1) is 0 Å². The minimum atomic E-state index is -0.312. The molecule has 0 bridgehead atoms. The van der Waals surface area contributed by atoms with Gasteiger partial charge in [-0.15, -0.1) is 0 Å². The zero-order valence-electron chi connectivity index (χ0n) is 11.7. The Kier molecular flexibility index (Phi) is 5.05. The monoisotopic (exact) mass is 268 g/mol. The first-order valence-electron chi connectivity index (χ1n) is 7.43. The lowest BCUT2D eigenvalue weighted by atomic mass is 9.96. The predicted octanol–water partition coefficient (Wildman–Crippen LogP) is 2.06. The zero-order valence-corrected chi connectivity index (χ0v) is 11.7. The molecule has 2 saturated carbocycles. The molecule has 0 spiro atoms. The first-order valence-corrected chi connectivity index (χ1v) is 7.43. The van der Waals surface area contributed by atoms with Gasteiger partial charge < -0.3 is 15.0 Å². The Bertz CT molecular complexity index is 323. The lowest BCUT2D eigenvalue weighted by Gasteiger charge is -2.27. The van der Waals surface area contributed by atoms with Crippen LogP contribution in [0.4, 0.5) is 4.79 Å². The molecule has 0 aliphatic heterocycles. The number of hydrogen-bond donors (Lipinski definition) is 1. The number of carbonyl (C=O) groups is 2. The van der Waals surface area contributed by atoms with Crippen molar-refractivity contribution < 1.29 is 14.3 Å². The first kappa shape index (κ1) is 14.2. The van der Waals surface area contributed by atoms with Crippen LogP contribution in [0.15, 0.2) is 0 Å². The van der Waals surface area contributed by atoms with Gasteiger partial charge in [0.2, 0.25) is 0 Å². The summed E-state index contributed by atoms with van der Waals surface area (Å²) in [5.41, 5.74) is 0. The lowest BCUT2D eigenvalue weighted by molar-refractivity contribution is -0.143. The number of esters is 1. The van der Waals surface area contributed by atoms with Gasteiger partial charge in [0.15, 0.2) is 0 Å². The molecular weight excluding hydrogens is 244 g/mol. The fraction of sp³-hybridized carbons (Fsp3) is 0.857. The fourth-order valence-corrected chi connectivity index (χ4v) is 2.60. The standard InChI is InChI=1S/C14H24N2O3/c1-2-19-13(17)10-16(12-8-9-12)14(18)15-11-6-4-3-5-7-11/h11-12H,2-10H2,1H3,(H,15,18). The van der Waals surface area contributed by atoms with Crippen molar-refractivity contribution in [2.45, 2.75) is 64.0 Å². The Morgan fingerprint density at radius 1 is 1.16 bits per heavy atom. The van der Waals surface area contributed by atoms with Crippen LogP contribution in [-0.2, 0) is 9.53 Å². The quantitative estimate of drug-likeness (QED) is 0.776. The van der Waals surface area contributed by atoms with E-state index < -0.39 is 0 Å². The van der Waals surface area contributed by atoms with Crippen molar-refractivity contribution in [3.8, 4) is 0 Å². The summed E-state index contributed by atoms with van der Waals surface area (Å²) < 4.78 is 4.93.